The molecule has 7 heteroatoms. The van der Waals surface area contributed by atoms with Crippen molar-refractivity contribution in [2.24, 2.45) is 0 Å². The van der Waals surface area contributed by atoms with E-state index in [2.05, 4.69) is 0 Å². The van der Waals surface area contributed by atoms with E-state index in [1.807, 2.05) is 0 Å². The maximum Gasteiger partial charge on any atom is 0.416 e. The zero-order valence-electron chi connectivity index (χ0n) is 14.1. The number of nitrogens with two attached hydrogens (primary N) is 1. The van der Waals surface area contributed by atoms with Gasteiger partial charge in [0.25, 0.3) is 0 Å². The summed E-state index contributed by atoms with van der Waals surface area (Å²) in [4.78, 5) is 13.8. The average molecular weight is 344 g/mol. The van der Waals surface area contributed by atoms with Gasteiger partial charge in [-0.3, -0.25) is 0 Å². The third-order valence-electron chi connectivity index (χ3n) is 3.93. The molecule has 1 aromatic rings. The van der Waals surface area contributed by atoms with Crippen LogP contribution >= 0.6 is 0 Å². The van der Waals surface area contributed by atoms with Crippen LogP contribution in [0.5, 0.6) is 0 Å². The summed E-state index contributed by atoms with van der Waals surface area (Å²) in [5, 5.41) is 0. The molecule has 0 radical (unpaired) electrons. The summed E-state index contributed by atoms with van der Waals surface area (Å²) in [6.45, 7) is 6.34. The fourth-order valence-corrected chi connectivity index (χ4v) is 2.85. The van der Waals surface area contributed by atoms with Gasteiger partial charge in [-0.05, 0) is 51.3 Å². The van der Waals surface area contributed by atoms with Gasteiger partial charge in [0.05, 0.1) is 5.56 Å². The molecule has 134 valence electrons. The fourth-order valence-electron chi connectivity index (χ4n) is 2.85. The minimum atomic E-state index is -4.41. The second kappa shape index (κ2) is 6.53. The lowest BCUT2D eigenvalue weighted by molar-refractivity contribution is -0.137. The first-order valence-electron chi connectivity index (χ1n) is 7.92. The SMILES string of the molecule is CC(C)(C)OC(=O)N1CCCC(c2ccc(C(F)(F)F)cc2N)C1. The molecular formula is C17H23F3N2O2. The van der Waals surface area contributed by atoms with Gasteiger partial charge in [-0.25, -0.2) is 4.79 Å². The monoisotopic (exact) mass is 344 g/mol. The standard InChI is InChI=1S/C17H23F3N2O2/c1-16(2,3)24-15(23)22-8-4-5-11(10-22)13-7-6-12(9-14(13)21)17(18,19)20/h6-7,9,11H,4-5,8,10,21H2,1-3H3. The number of alkyl halides is 3. The minimum Gasteiger partial charge on any atom is -0.444 e. The van der Waals surface area contributed by atoms with Crippen molar-refractivity contribution in [1.29, 1.82) is 0 Å². The Balaban J connectivity index is 2.14. The number of carbonyl (C=O) groups is 1. The molecule has 1 aliphatic heterocycles. The van der Waals surface area contributed by atoms with Crippen LogP contribution < -0.4 is 5.73 Å². The van der Waals surface area contributed by atoms with Gasteiger partial charge in [0.2, 0.25) is 0 Å². The lowest BCUT2D eigenvalue weighted by Gasteiger charge is -2.34. The Morgan fingerprint density at radius 1 is 1.29 bits per heavy atom. The highest BCUT2D eigenvalue weighted by Gasteiger charge is 2.33. The van der Waals surface area contributed by atoms with Crippen LogP contribution in [0.25, 0.3) is 0 Å². The maximum absolute atomic E-state index is 12.7. The summed E-state index contributed by atoms with van der Waals surface area (Å²) in [6.07, 6.45) is -3.29. The van der Waals surface area contributed by atoms with E-state index in [9.17, 15) is 18.0 Å². The molecule has 0 spiro atoms. The molecule has 24 heavy (non-hydrogen) atoms. The smallest absolute Gasteiger partial charge is 0.416 e. The summed E-state index contributed by atoms with van der Waals surface area (Å²) in [5.74, 6) is -0.0893. The second-order valence-corrected chi connectivity index (χ2v) is 7.11. The van der Waals surface area contributed by atoms with Crippen molar-refractivity contribution < 1.29 is 22.7 Å². The zero-order valence-corrected chi connectivity index (χ0v) is 14.1. The van der Waals surface area contributed by atoms with Gasteiger partial charge in [-0.15, -0.1) is 0 Å². The molecule has 2 rings (SSSR count). The van der Waals surface area contributed by atoms with Gasteiger partial charge in [-0.1, -0.05) is 6.07 Å². The van der Waals surface area contributed by atoms with Crippen LogP contribution in [0.2, 0.25) is 0 Å². The number of nitrogens with zero attached hydrogens (tertiary/aromatic N) is 1. The lowest BCUT2D eigenvalue weighted by Crippen LogP contribution is -2.42. The highest BCUT2D eigenvalue weighted by molar-refractivity contribution is 5.68. The van der Waals surface area contributed by atoms with E-state index >= 15 is 0 Å². The fraction of sp³-hybridized carbons (Fsp3) is 0.588. The maximum atomic E-state index is 12.7. The predicted octanol–water partition coefficient (Wildman–Crippen LogP) is 4.40. The van der Waals surface area contributed by atoms with Crippen LogP contribution in [0, 0.1) is 0 Å². The molecule has 1 heterocycles. The Morgan fingerprint density at radius 3 is 2.50 bits per heavy atom. The number of likely N-dealkylation sites (tertiary alicyclic amines) is 1. The predicted molar refractivity (Wildman–Crippen MR) is 85.6 cm³/mol. The average Bonchev–Trinajstić information content (AvgIpc) is 2.44. The molecule has 0 saturated carbocycles. The summed E-state index contributed by atoms with van der Waals surface area (Å²) in [6, 6.07) is 3.42. The van der Waals surface area contributed by atoms with Crippen LogP contribution in [-0.4, -0.2) is 29.7 Å². The lowest BCUT2D eigenvalue weighted by atomic mass is 9.89. The molecule has 1 atom stereocenters. The van der Waals surface area contributed by atoms with Crippen LogP contribution in [0.1, 0.15) is 50.7 Å². The molecule has 2 N–H and O–H groups in total. The highest BCUT2D eigenvalue weighted by Crippen LogP contribution is 2.36. The number of hydrogen-bond donors (Lipinski definition) is 1. The summed E-state index contributed by atoms with van der Waals surface area (Å²) < 4.78 is 43.6. The number of carbonyl (C=O) groups excluding carboxylic acids is 1. The van der Waals surface area contributed by atoms with Crippen molar-refractivity contribution in [3.8, 4) is 0 Å². The van der Waals surface area contributed by atoms with Crippen molar-refractivity contribution >= 4 is 11.8 Å². The van der Waals surface area contributed by atoms with Gasteiger partial charge in [-0.2, -0.15) is 13.2 Å². The molecule has 1 unspecified atom stereocenters. The van der Waals surface area contributed by atoms with Gasteiger partial charge < -0.3 is 15.4 Å². The van der Waals surface area contributed by atoms with Crippen molar-refractivity contribution in [2.45, 2.75) is 51.3 Å². The Hall–Kier alpha value is -1.92. The number of anilines is 1. The van der Waals surface area contributed by atoms with Gasteiger partial charge in [0.1, 0.15) is 5.60 Å². The van der Waals surface area contributed by atoms with E-state index in [0.717, 1.165) is 25.0 Å². The molecule has 1 aliphatic rings. The Morgan fingerprint density at radius 2 is 1.96 bits per heavy atom. The first kappa shape index (κ1) is 18.4. The first-order valence-corrected chi connectivity index (χ1v) is 7.92. The van der Waals surface area contributed by atoms with Crippen molar-refractivity contribution in [2.75, 3.05) is 18.8 Å². The molecule has 1 saturated heterocycles. The third-order valence-corrected chi connectivity index (χ3v) is 3.93. The number of rotatable bonds is 1. The van der Waals surface area contributed by atoms with E-state index in [1.165, 1.54) is 6.07 Å². The van der Waals surface area contributed by atoms with Crippen molar-refractivity contribution in [3.05, 3.63) is 29.3 Å². The Bertz CT molecular complexity index is 609. The van der Waals surface area contributed by atoms with E-state index in [-0.39, 0.29) is 11.6 Å². The van der Waals surface area contributed by atoms with Crippen molar-refractivity contribution in [1.82, 2.24) is 4.90 Å². The first-order chi connectivity index (χ1) is 11.0. The molecule has 1 amide bonds. The van der Waals surface area contributed by atoms with Crippen LogP contribution in [0.15, 0.2) is 18.2 Å². The van der Waals surface area contributed by atoms with E-state index in [0.29, 0.717) is 18.7 Å². The summed E-state index contributed by atoms with van der Waals surface area (Å²) in [7, 11) is 0. The highest BCUT2D eigenvalue weighted by atomic mass is 19.4. The summed E-state index contributed by atoms with van der Waals surface area (Å²) >= 11 is 0. The number of benzene rings is 1. The molecule has 1 aromatic carbocycles. The third kappa shape index (κ3) is 4.55. The number of amides is 1. The van der Waals surface area contributed by atoms with Crippen LogP contribution in [0.3, 0.4) is 0 Å². The van der Waals surface area contributed by atoms with E-state index in [1.54, 1.807) is 25.7 Å². The quantitative estimate of drug-likeness (QED) is 0.768. The molecule has 1 fully saturated rings. The number of nitrogen functional groups attached to an aromatic ring is 1. The largest absolute Gasteiger partial charge is 0.444 e. The molecule has 4 nitrogen and oxygen atoms in total. The van der Waals surface area contributed by atoms with Gasteiger partial charge in [0.15, 0.2) is 0 Å². The van der Waals surface area contributed by atoms with Crippen LogP contribution in [-0.2, 0) is 10.9 Å². The molecular weight excluding hydrogens is 321 g/mol. The molecule has 0 bridgehead atoms. The number of hydrogen-bond acceptors (Lipinski definition) is 3. The van der Waals surface area contributed by atoms with E-state index < -0.39 is 23.4 Å². The van der Waals surface area contributed by atoms with E-state index in [4.69, 9.17) is 10.5 Å². The zero-order chi connectivity index (χ0) is 18.1. The Labute approximate surface area is 139 Å². The second-order valence-electron chi connectivity index (χ2n) is 7.11. The minimum absolute atomic E-state index is 0.0893. The normalized spacial score (nSPS) is 19.2. The van der Waals surface area contributed by atoms with Crippen molar-refractivity contribution in [3.63, 3.8) is 0 Å². The molecule has 0 aromatic heterocycles. The van der Waals surface area contributed by atoms with Gasteiger partial charge >= 0.3 is 12.3 Å². The molecule has 0 aliphatic carbocycles. The number of piperidine rings is 1. The Kier molecular flexibility index (Phi) is 5.01. The summed E-state index contributed by atoms with van der Waals surface area (Å²) in [5.41, 5.74) is 5.25. The van der Waals surface area contributed by atoms with Gasteiger partial charge in [0, 0.05) is 24.7 Å². The number of ether oxygens (including phenoxy) is 1. The topological polar surface area (TPSA) is 55.6 Å². The van der Waals surface area contributed by atoms with Crippen LogP contribution in [0.4, 0.5) is 23.7 Å². The number of halogens is 3.